The quantitative estimate of drug-likeness (QED) is 0.557. The van der Waals surface area contributed by atoms with E-state index < -0.39 is 0 Å². The average Bonchev–Trinajstić information content (AvgIpc) is 3.10. The van der Waals surface area contributed by atoms with E-state index in [1.54, 1.807) is 36.8 Å². The van der Waals surface area contributed by atoms with Gasteiger partial charge in [-0.25, -0.2) is 15.0 Å². The lowest BCUT2D eigenvalue weighted by Crippen LogP contribution is -2.26. The maximum atomic E-state index is 6.43. The highest BCUT2D eigenvalue weighted by atomic mass is 35.5. The summed E-state index contributed by atoms with van der Waals surface area (Å²) in [6.45, 7) is 0.868. The number of aromatic nitrogens is 4. The Morgan fingerprint density at radius 1 is 1.08 bits per heavy atom. The van der Waals surface area contributed by atoms with Crippen LogP contribution >= 0.6 is 23.2 Å². The number of imidazole rings is 1. The molecule has 0 aliphatic rings. The first-order valence-corrected chi connectivity index (χ1v) is 8.65. The van der Waals surface area contributed by atoms with Gasteiger partial charge in [0, 0.05) is 13.1 Å². The van der Waals surface area contributed by atoms with Crippen molar-refractivity contribution in [2.75, 3.05) is 23.7 Å². The zero-order valence-electron chi connectivity index (χ0n) is 13.6. The summed E-state index contributed by atoms with van der Waals surface area (Å²) < 4.78 is 1.84. The van der Waals surface area contributed by atoms with Crippen molar-refractivity contribution in [3.8, 4) is 0 Å². The molecule has 4 N–H and O–H groups in total. The molecule has 0 atom stereocenters. The van der Waals surface area contributed by atoms with Crippen LogP contribution in [0.25, 0.3) is 16.7 Å². The van der Waals surface area contributed by atoms with E-state index in [-0.39, 0.29) is 0 Å². The minimum atomic E-state index is 0.390. The Morgan fingerprint density at radius 2 is 1.85 bits per heavy atom. The SMILES string of the molecule is NCCN(c1c(Cl)cccc1Cl)c1nc2ccc(N)nc2n2cncc12. The molecule has 4 aromatic rings. The number of benzene rings is 1. The number of rotatable bonds is 4. The smallest absolute Gasteiger partial charge is 0.166 e. The Bertz CT molecular complexity index is 1090. The predicted octanol–water partition coefficient (Wildman–Crippen LogP) is 3.26. The summed E-state index contributed by atoms with van der Waals surface area (Å²) in [6.07, 6.45) is 3.38. The maximum absolute atomic E-state index is 6.43. The number of nitrogens with zero attached hydrogens (tertiary/aromatic N) is 5. The fourth-order valence-corrected chi connectivity index (χ4v) is 3.52. The second kappa shape index (κ2) is 6.60. The van der Waals surface area contributed by atoms with Gasteiger partial charge in [-0.05, 0) is 24.3 Å². The van der Waals surface area contributed by atoms with Gasteiger partial charge in [0.25, 0.3) is 0 Å². The molecule has 1 aromatic carbocycles. The van der Waals surface area contributed by atoms with Crippen LogP contribution in [0.1, 0.15) is 0 Å². The Morgan fingerprint density at radius 3 is 2.58 bits per heavy atom. The molecule has 0 saturated carbocycles. The minimum Gasteiger partial charge on any atom is -0.384 e. The summed E-state index contributed by atoms with van der Waals surface area (Å²) in [4.78, 5) is 15.3. The number of hydrogen-bond donors (Lipinski definition) is 2. The molecule has 0 unspecified atom stereocenters. The van der Waals surface area contributed by atoms with Gasteiger partial charge in [0.1, 0.15) is 23.2 Å². The van der Waals surface area contributed by atoms with Crippen molar-refractivity contribution in [3.63, 3.8) is 0 Å². The molecule has 132 valence electrons. The van der Waals surface area contributed by atoms with Gasteiger partial charge in [-0.1, -0.05) is 29.3 Å². The van der Waals surface area contributed by atoms with E-state index in [9.17, 15) is 0 Å². The van der Waals surface area contributed by atoms with Crippen LogP contribution in [0.4, 0.5) is 17.3 Å². The fourth-order valence-electron chi connectivity index (χ4n) is 2.92. The van der Waals surface area contributed by atoms with Gasteiger partial charge in [0.05, 0.1) is 21.9 Å². The topological polar surface area (TPSA) is 98.4 Å². The summed E-state index contributed by atoms with van der Waals surface area (Å²) in [5.41, 5.74) is 14.4. The monoisotopic (exact) mass is 387 g/mol. The first-order valence-electron chi connectivity index (χ1n) is 7.90. The lowest BCUT2D eigenvalue weighted by atomic mass is 10.2. The van der Waals surface area contributed by atoms with Crippen molar-refractivity contribution >= 4 is 57.2 Å². The lowest BCUT2D eigenvalue weighted by Gasteiger charge is -2.26. The molecule has 9 heteroatoms. The molecule has 0 radical (unpaired) electrons. The average molecular weight is 388 g/mol. The molecule has 3 heterocycles. The van der Waals surface area contributed by atoms with E-state index in [1.807, 2.05) is 15.4 Å². The molecule has 0 bridgehead atoms. The first kappa shape index (κ1) is 16.8. The van der Waals surface area contributed by atoms with Crippen LogP contribution in [-0.4, -0.2) is 32.4 Å². The van der Waals surface area contributed by atoms with Gasteiger partial charge in [-0.2, -0.15) is 0 Å². The van der Waals surface area contributed by atoms with E-state index in [0.717, 1.165) is 5.52 Å². The van der Waals surface area contributed by atoms with E-state index in [2.05, 4.69) is 9.97 Å². The van der Waals surface area contributed by atoms with Gasteiger partial charge in [-0.3, -0.25) is 4.40 Å². The minimum absolute atomic E-state index is 0.390. The number of nitrogen functional groups attached to an aromatic ring is 1. The molecule has 0 fully saturated rings. The highest BCUT2D eigenvalue weighted by Gasteiger charge is 2.21. The van der Waals surface area contributed by atoms with E-state index in [1.165, 1.54) is 0 Å². The second-order valence-electron chi connectivity index (χ2n) is 5.67. The van der Waals surface area contributed by atoms with Crippen LogP contribution in [-0.2, 0) is 0 Å². The highest BCUT2D eigenvalue weighted by molar-refractivity contribution is 6.39. The zero-order chi connectivity index (χ0) is 18.3. The number of nitrogens with two attached hydrogens (primary N) is 2. The molecule has 7 nitrogen and oxygen atoms in total. The van der Waals surface area contributed by atoms with Crippen LogP contribution in [0.15, 0.2) is 42.9 Å². The Kier molecular flexibility index (Phi) is 4.28. The molecule has 0 aliphatic carbocycles. The number of hydrogen-bond acceptors (Lipinski definition) is 6. The normalized spacial score (nSPS) is 11.3. The number of anilines is 3. The molecular formula is C17H15Cl2N7. The van der Waals surface area contributed by atoms with Crippen molar-refractivity contribution < 1.29 is 0 Å². The highest BCUT2D eigenvalue weighted by Crippen LogP contribution is 2.39. The zero-order valence-corrected chi connectivity index (χ0v) is 15.1. The number of pyridine rings is 1. The number of halogens is 2. The summed E-state index contributed by atoms with van der Waals surface area (Å²) in [6, 6.07) is 8.88. The van der Waals surface area contributed by atoms with Crippen LogP contribution < -0.4 is 16.4 Å². The molecule has 0 saturated heterocycles. The summed E-state index contributed by atoms with van der Waals surface area (Å²) in [7, 11) is 0. The van der Waals surface area contributed by atoms with Crippen LogP contribution in [0.2, 0.25) is 10.0 Å². The van der Waals surface area contributed by atoms with Crippen molar-refractivity contribution in [1.82, 2.24) is 19.4 Å². The number of fused-ring (bicyclic) bond motifs is 3. The molecule has 0 amide bonds. The Balaban J connectivity index is 2.03. The molecule has 0 aliphatic heterocycles. The van der Waals surface area contributed by atoms with Gasteiger partial charge in [0.15, 0.2) is 11.5 Å². The largest absolute Gasteiger partial charge is 0.384 e. The third-order valence-electron chi connectivity index (χ3n) is 4.01. The number of para-hydroxylation sites is 1. The van der Waals surface area contributed by atoms with Gasteiger partial charge < -0.3 is 16.4 Å². The van der Waals surface area contributed by atoms with E-state index >= 15 is 0 Å². The van der Waals surface area contributed by atoms with Gasteiger partial charge in [0.2, 0.25) is 0 Å². The van der Waals surface area contributed by atoms with Crippen molar-refractivity contribution in [2.45, 2.75) is 0 Å². The fraction of sp³-hybridized carbons (Fsp3) is 0.118. The predicted molar refractivity (Wildman–Crippen MR) is 105 cm³/mol. The first-order chi connectivity index (χ1) is 12.6. The van der Waals surface area contributed by atoms with Crippen molar-refractivity contribution in [2.24, 2.45) is 5.73 Å². The lowest BCUT2D eigenvalue weighted by molar-refractivity contribution is 0.908. The van der Waals surface area contributed by atoms with Crippen LogP contribution in [0.3, 0.4) is 0 Å². The van der Waals surface area contributed by atoms with Gasteiger partial charge in [-0.15, -0.1) is 0 Å². The van der Waals surface area contributed by atoms with Crippen molar-refractivity contribution in [1.29, 1.82) is 0 Å². The van der Waals surface area contributed by atoms with E-state index in [4.69, 9.17) is 39.7 Å². The summed E-state index contributed by atoms with van der Waals surface area (Å²) in [5.74, 6) is 1.05. The molecule has 3 aromatic heterocycles. The Hall–Kier alpha value is -2.61. The molecule has 26 heavy (non-hydrogen) atoms. The maximum Gasteiger partial charge on any atom is 0.166 e. The standard InChI is InChI=1S/C17H15Cl2N7/c18-10-2-1-3-11(19)15(10)25(7-6-20)17-13-8-22-9-26(13)16-12(23-17)4-5-14(21)24-16/h1-5,8-9H,6-7,20H2,(H2,21,24). The molecule has 0 spiro atoms. The third kappa shape index (κ3) is 2.70. The van der Waals surface area contributed by atoms with E-state index in [0.29, 0.717) is 51.6 Å². The second-order valence-corrected chi connectivity index (χ2v) is 6.49. The van der Waals surface area contributed by atoms with Crippen molar-refractivity contribution in [3.05, 3.63) is 52.9 Å². The van der Waals surface area contributed by atoms with Crippen LogP contribution in [0.5, 0.6) is 0 Å². The molecular weight excluding hydrogens is 373 g/mol. The van der Waals surface area contributed by atoms with Gasteiger partial charge >= 0.3 is 0 Å². The van der Waals surface area contributed by atoms with Crippen LogP contribution in [0, 0.1) is 0 Å². The summed E-state index contributed by atoms with van der Waals surface area (Å²) >= 11 is 12.9. The summed E-state index contributed by atoms with van der Waals surface area (Å²) in [5, 5.41) is 1.03. The third-order valence-corrected chi connectivity index (χ3v) is 4.62. The molecule has 4 rings (SSSR count). The Labute approximate surface area is 159 Å².